The third-order valence-corrected chi connectivity index (χ3v) is 3.03. The highest BCUT2D eigenvalue weighted by Gasteiger charge is 2.16. The lowest BCUT2D eigenvalue weighted by molar-refractivity contribution is 0.171. The van der Waals surface area contributed by atoms with Crippen LogP contribution in [0.15, 0.2) is 29.8 Å². The molecule has 6 heteroatoms. The van der Waals surface area contributed by atoms with Crippen molar-refractivity contribution in [1.29, 1.82) is 0 Å². The summed E-state index contributed by atoms with van der Waals surface area (Å²) in [4.78, 5) is 4.11. The Morgan fingerprint density at radius 3 is 2.95 bits per heavy atom. The van der Waals surface area contributed by atoms with Gasteiger partial charge < -0.3 is 20.1 Å². The maximum atomic E-state index is 6.19. The monoisotopic (exact) mass is 295 g/mol. The summed E-state index contributed by atoms with van der Waals surface area (Å²) >= 11 is 6.19. The molecular weight excluding hydrogens is 278 g/mol. The van der Waals surface area contributed by atoms with Crippen LogP contribution in [0.2, 0.25) is 5.02 Å². The molecule has 0 aliphatic carbocycles. The Labute approximate surface area is 123 Å². The van der Waals surface area contributed by atoms with Gasteiger partial charge in [-0.3, -0.25) is 4.99 Å². The smallest absolute Gasteiger partial charge is 0.191 e. The molecule has 0 saturated heterocycles. The number of halogens is 1. The fourth-order valence-electron chi connectivity index (χ4n) is 1.84. The SMILES string of the molecule is C=CCNC(=NC)NCc1cc(Cl)c2c(c1)OCCO2. The van der Waals surface area contributed by atoms with E-state index >= 15 is 0 Å². The zero-order valence-electron chi connectivity index (χ0n) is 11.4. The highest BCUT2D eigenvalue weighted by Crippen LogP contribution is 2.38. The molecule has 1 aliphatic heterocycles. The lowest BCUT2D eigenvalue weighted by Crippen LogP contribution is -2.36. The number of nitrogens with one attached hydrogen (secondary N) is 2. The van der Waals surface area contributed by atoms with Gasteiger partial charge in [0.1, 0.15) is 13.2 Å². The van der Waals surface area contributed by atoms with Crippen molar-refractivity contribution in [1.82, 2.24) is 10.6 Å². The Morgan fingerprint density at radius 1 is 1.40 bits per heavy atom. The van der Waals surface area contributed by atoms with Crippen molar-refractivity contribution in [3.05, 3.63) is 35.4 Å². The van der Waals surface area contributed by atoms with Crippen LogP contribution >= 0.6 is 11.6 Å². The number of benzene rings is 1. The van der Waals surface area contributed by atoms with Crippen LogP contribution in [-0.2, 0) is 6.54 Å². The van der Waals surface area contributed by atoms with Crippen molar-refractivity contribution in [2.24, 2.45) is 4.99 Å². The van der Waals surface area contributed by atoms with Crippen molar-refractivity contribution in [3.63, 3.8) is 0 Å². The van der Waals surface area contributed by atoms with Gasteiger partial charge in [0.2, 0.25) is 0 Å². The first-order valence-corrected chi connectivity index (χ1v) is 6.76. The Hall–Kier alpha value is -1.88. The van der Waals surface area contributed by atoms with Gasteiger partial charge in [0.05, 0.1) is 5.02 Å². The van der Waals surface area contributed by atoms with Gasteiger partial charge in [-0.25, -0.2) is 0 Å². The molecule has 0 unspecified atom stereocenters. The molecule has 2 rings (SSSR count). The molecule has 0 aromatic heterocycles. The molecule has 2 N–H and O–H groups in total. The topological polar surface area (TPSA) is 54.9 Å². The van der Waals surface area contributed by atoms with Gasteiger partial charge in [-0.1, -0.05) is 17.7 Å². The summed E-state index contributed by atoms with van der Waals surface area (Å²) in [5, 5.41) is 6.85. The molecule has 1 aromatic rings. The minimum atomic E-state index is 0.530. The zero-order valence-corrected chi connectivity index (χ0v) is 12.2. The maximum absolute atomic E-state index is 6.19. The second-order valence-electron chi connectivity index (χ2n) is 4.20. The van der Waals surface area contributed by atoms with E-state index < -0.39 is 0 Å². The van der Waals surface area contributed by atoms with Crippen molar-refractivity contribution < 1.29 is 9.47 Å². The summed E-state index contributed by atoms with van der Waals surface area (Å²) in [6.07, 6.45) is 1.77. The van der Waals surface area contributed by atoms with Crippen LogP contribution in [0.25, 0.3) is 0 Å². The second kappa shape index (κ2) is 7.05. The van der Waals surface area contributed by atoms with Gasteiger partial charge in [-0.2, -0.15) is 0 Å². The minimum absolute atomic E-state index is 0.530. The van der Waals surface area contributed by atoms with Crippen LogP contribution in [0.5, 0.6) is 11.5 Å². The summed E-state index contributed by atoms with van der Waals surface area (Å²) in [6.45, 7) is 5.97. The summed E-state index contributed by atoms with van der Waals surface area (Å²) in [6, 6.07) is 3.79. The maximum Gasteiger partial charge on any atom is 0.191 e. The van der Waals surface area contributed by atoms with Gasteiger partial charge in [0, 0.05) is 20.1 Å². The Bertz CT molecular complexity index is 517. The molecule has 0 fully saturated rings. The molecule has 1 heterocycles. The Kier molecular flexibility index (Phi) is 5.12. The average Bonchev–Trinajstić information content (AvgIpc) is 2.47. The van der Waals surface area contributed by atoms with Crippen LogP contribution in [0.3, 0.4) is 0 Å². The molecule has 20 heavy (non-hydrogen) atoms. The number of hydrogen-bond acceptors (Lipinski definition) is 3. The number of fused-ring (bicyclic) bond motifs is 1. The van der Waals surface area contributed by atoms with Crippen LogP contribution in [0.1, 0.15) is 5.56 Å². The zero-order chi connectivity index (χ0) is 14.4. The summed E-state index contributed by atoms with van der Waals surface area (Å²) in [5.74, 6) is 2.02. The quantitative estimate of drug-likeness (QED) is 0.506. The van der Waals surface area contributed by atoms with E-state index in [2.05, 4.69) is 22.2 Å². The van der Waals surface area contributed by atoms with Gasteiger partial charge in [0.15, 0.2) is 17.5 Å². The van der Waals surface area contributed by atoms with Gasteiger partial charge in [-0.15, -0.1) is 6.58 Å². The largest absolute Gasteiger partial charge is 0.486 e. The molecule has 0 amide bonds. The normalized spacial score (nSPS) is 13.8. The lowest BCUT2D eigenvalue weighted by atomic mass is 10.2. The van der Waals surface area contributed by atoms with E-state index in [1.165, 1.54) is 0 Å². The molecular formula is C14H18ClN3O2. The molecule has 108 valence electrons. The van der Waals surface area contributed by atoms with Crippen LogP contribution < -0.4 is 20.1 Å². The summed E-state index contributed by atoms with van der Waals surface area (Å²) in [5.41, 5.74) is 1.00. The van der Waals surface area contributed by atoms with Crippen molar-refractivity contribution >= 4 is 17.6 Å². The minimum Gasteiger partial charge on any atom is -0.486 e. The van der Waals surface area contributed by atoms with Gasteiger partial charge in [0.25, 0.3) is 0 Å². The highest BCUT2D eigenvalue weighted by atomic mass is 35.5. The van der Waals surface area contributed by atoms with E-state index in [9.17, 15) is 0 Å². The highest BCUT2D eigenvalue weighted by molar-refractivity contribution is 6.32. The fourth-order valence-corrected chi connectivity index (χ4v) is 2.13. The van der Waals surface area contributed by atoms with Crippen molar-refractivity contribution in [3.8, 4) is 11.5 Å². The predicted octanol–water partition coefficient (Wildman–Crippen LogP) is 1.96. The van der Waals surface area contributed by atoms with E-state index in [0.717, 1.165) is 5.56 Å². The molecule has 0 spiro atoms. The van der Waals surface area contributed by atoms with Gasteiger partial charge in [-0.05, 0) is 17.7 Å². The number of nitrogens with zero attached hydrogens (tertiary/aromatic N) is 1. The first-order chi connectivity index (χ1) is 9.74. The molecule has 1 aliphatic rings. The van der Waals surface area contributed by atoms with E-state index in [4.69, 9.17) is 21.1 Å². The van der Waals surface area contributed by atoms with Gasteiger partial charge >= 0.3 is 0 Å². The number of hydrogen-bond donors (Lipinski definition) is 2. The Morgan fingerprint density at radius 2 is 2.20 bits per heavy atom. The molecule has 1 aromatic carbocycles. The van der Waals surface area contributed by atoms with Crippen molar-refractivity contribution in [2.75, 3.05) is 26.8 Å². The first kappa shape index (κ1) is 14.5. The van der Waals surface area contributed by atoms with Crippen LogP contribution in [0, 0.1) is 0 Å². The number of aliphatic imine (C=N–C) groups is 1. The first-order valence-electron chi connectivity index (χ1n) is 6.38. The molecule has 0 radical (unpaired) electrons. The fraction of sp³-hybridized carbons (Fsp3) is 0.357. The Balaban J connectivity index is 2.03. The summed E-state index contributed by atoms with van der Waals surface area (Å²) in [7, 11) is 1.72. The number of guanidine groups is 1. The molecule has 0 saturated carbocycles. The molecule has 0 atom stereocenters. The van der Waals surface area contributed by atoms with Crippen LogP contribution in [-0.4, -0.2) is 32.8 Å². The predicted molar refractivity (Wildman–Crippen MR) is 80.8 cm³/mol. The number of rotatable bonds is 4. The number of ether oxygens (including phenoxy) is 2. The third kappa shape index (κ3) is 3.57. The van der Waals surface area contributed by atoms with E-state index in [1.54, 1.807) is 13.1 Å². The van der Waals surface area contributed by atoms with Crippen LogP contribution in [0.4, 0.5) is 0 Å². The van der Waals surface area contributed by atoms with E-state index in [0.29, 0.717) is 48.8 Å². The standard InChI is InChI=1S/C14H18ClN3O2/c1-3-4-17-14(16-2)18-9-10-7-11(15)13-12(8-10)19-5-6-20-13/h3,7-8H,1,4-6,9H2,2H3,(H2,16,17,18). The van der Waals surface area contributed by atoms with Crippen molar-refractivity contribution in [2.45, 2.75) is 6.54 Å². The summed E-state index contributed by atoms with van der Waals surface area (Å²) < 4.78 is 11.0. The lowest BCUT2D eigenvalue weighted by Gasteiger charge is -2.20. The average molecular weight is 296 g/mol. The second-order valence-corrected chi connectivity index (χ2v) is 4.60. The molecule has 5 nitrogen and oxygen atoms in total. The van der Waals surface area contributed by atoms with E-state index in [-0.39, 0.29) is 0 Å². The molecule has 0 bridgehead atoms. The van der Waals surface area contributed by atoms with E-state index in [1.807, 2.05) is 12.1 Å². The third-order valence-electron chi connectivity index (χ3n) is 2.75.